The van der Waals surface area contributed by atoms with Gasteiger partial charge in [0.1, 0.15) is 12.4 Å². The van der Waals surface area contributed by atoms with Crippen LogP contribution in [-0.4, -0.2) is 50.9 Å². The highest BCUT2D eigenvalue weighted by Crippen LogP contribution is 2.21. The van der Waals surface area contributed by atoms with E-state index in [9.17, 15) is 0 Å². The molecule has 0 unspecified atom stereocenters. The predicted molar refractivity (Wildman–Crippen MR) is 109 cm³/mol. The summed E-state index contributed by atoms with van der Waals surface area (Å²) in [6.07, 6.45) is 1.92. The largest absolute Gasteiger partial charge is 0.491 e. The molecule has 0 saturated carbocycles. The predicted octanol–water partition coefficient (Wildman–Crippen LogP) is 2.99. The van der Waals surface area contributed by atoms with Crippen molar-refractivity contribution in [2.75, 3.05) is 44.9 Å². The fourth-order valence-corrected chi connectivity index (χ4v) is 2.66. The maximum absolute atomic E-state index is 5.83. The molecule has 0 aliphatic heterocycles. The van der Waals surface area contributed by atoms with Gasteiger partial charge in [0, 0.05) is 37.3 Å². The van der Waals surface area contributed by atoms with E-state index in [-0.39, 0.29) is 0 Å². The molecule has 0 fully saturated rings. The highest BCUT2D eigenvalue weighted by atomic mass is 32.2. The average molecular weight is 366 g/mol. The van der Waals surface area contributed by atoms with E-state index >= 15 is 0 Å². The number of guanidine groups is 1. The van der Waals surface area contributed by atoms with Crippen LogP contribution in [0.5, 0.6) is 5.75 Å². The summed E-state index contributed by atoms with van der Waals surface area (Å²) < 4.78 is 10.9. The van der Waals surface area contributed by atoms with Crippen molar-refractivity contribution < 1.29 is 9.47 Å². The van der Waals surface area contributed by atoms with Gasteiger partial charge in [0.2, 0.25) is 0 Å². The summed E-state index contributed by atoms with van der Waals surface area (Å²) in [7, 11) is 1.67. The molecule has 0 atom stereocenters. The Morgan fingerprint density at radius 1 is 1.32 bits per heavy atom. The number of ether oxygens (including phenoxy) is 2. The lowest BCUT2D eigenvalue weighted by Crippen LogP contribution is -2.38. The minimum Gasteiger partial charge on any atom is -0.491 e. The number of thioether (sulfide) groups is 1. The number of aryl methyl sites for hydroxylation is 1. The van der Waals surface area contributed by atoms with Crippen molar-refractivity contribution in [1.82, 2.24) is 10.6 Å². The number of rotatable bonds is 12. The van der Waals surface area contributed by atoms with Crippen LogP contribution in [0, 0.1) is 6.92 Å². The molecule has 0 bridgehead atoms. The van der Waals surface area contributed by atoms with E-state index in [2.05, 4.69) is 48.2 Å². The average Bonchev–Trinajstić information content (AvgIpc) is 2.60. The van der Waals surface area contributed by atoms with E-state index in [4.69, 9.17) is 9.47 Å². The molecule has 0 aliphatic rings. The van der Waals surface area contributed by atoms with E-state index in [1.54, 1.807) is 7.11 Å². The highest BCUT2D eigenvalue weighted by Gasteiger charge is 2.05. The summed E-state index contributed by atoms with van der Waals surface area (Å²) in [6, 6.07) is 6.21. The van der Waals surface area contributed by atoms with Crippen molar-refractivity contribution in [3.63, 3.8) is 0 Å². The van der Waals surface area contributed by atoms with Gasteiger partial charge in [-0.15, -0.1) is 6.58 Å². The van der Waals surface area contributed by atoms with Crippen LogP contribution in [0.4, 0.5) is 0 Å². The summed E-state index contributed by atoms with van der Waals surface area (Å²) in [5, 5.41) is 6.63. The second kappa shape index (κ2) is 13.6. The number of methoxy groups -OCH3 is 1. The van der Waals surface area contributed by atoms with Crippen molar-refractivity contribution >= 4 is 17.7 Å². The first kappa shape index (κ1) is 21.4. The molecule has 0 aromatic heterocycles. The monoisotopic (exact) mass is 365 g/mol. The molecule has 1 aromatic rings. The quantitative estimate of drug-likeness (QED) is 0.258. The number of nitrogens with zero attached hydrogens (tertiary/aromatic N) is 1. The first-order chi connectivity index (χ1) is 12.2. The van der Waals surface area contributed by atoms with Crippen LogP contribution in [-0.2, 0) is 11.3 Å². The standard InChI is InChI=1S/C19H31N3O2S/c1-5-12-25-13-9-21-19(20-6-2)22-15-17-8-7-16(3)14-18(17)24-11-10-23-4/h5,7-8,14H,1,6,9-13,15H2,2-4H3,(H2,20,21,22). The minimum atomic E-state index is 0.537. The van der Waals surface area contributed by atoms with E-state index in [1.165, 1.54) is 5.56 Å². The fraction of sp³-hybridized carbons (Fsp3) is 0.526. The first-order valence-corrected chi connectivity index (χ1v) is 9.78. The third-order valence-electron chi connectivity index (χ3n) is 3.29. The third kappa shape index (κ3) is 9.41. The molecule has 0 spiro atoms. The summed E-state index contributed by atoms with van der Waals surface area (Å²) in [6.45, 7) is 11.2. The van der Waals surface area contributed by atoms with Gasteiger partial charge in [0.25, 0.3) is 0 Å². The Morgan fingerprint density at radius 3 is 2.88 bits per heavy atom. The van der Waals surface area contributed by atoms with E-state index in [0.717, 1.165) is 41.9 Å². The van der Waals surface area contributed by atoms with Gasteiger partial charge in [-0.05, 0) is 25.5 Å². The number of nitrogens with one attached hydrogen (secondary N) is 2. The van der Waals surface area contributed by atoms with Crippen LogP contribution in [0.25, 0.3) is 0 Å². The summed E-state index contributed by atoms with van der Waals surface area (Å²) >= 11 is 1.85. The number of hydrogen-bond donors (Lipinski definition) is 2. The zero-order valence-corrected chi connectivity index (χ0v) is 16.5. The van der Waals surface area contributed by atoms with Crippen molar-refractivity contribution in [3.05, 3.63) is 42.0 Å². The molecule has 2 N–H and O–H groups in total. The second-order valence-corrected chi connectivity index (χ2v) is 6.59. The topological polar surface area (TPSA) is 54.9 Å². The molecule has 140 valence electrons. The van der Waals surface area contributed by atoms with E-state index in [0.29, 0.717) is 19.8 Å². The Morgan fingerprint density at radius 2 is 2.16 bits per heavy atom. The summed E-state index contributed by atoms with van der Waals surface area (Å²) in [5.74, 6) is 3.69. The second-order valence-electron chi connectivity index (χ2n) is 5.44. The van der Waals surface area contributed by atoms with Gasteiger partial charge in [-0.2, -0.15) is 11.8 Å². The smallest absolute Gasteiger partial charge is 0.191 e. The Hall–Kier alpha value is -1.66. The zero-order chi connectivity index (χ0) is 18.3. The van der Waals surface area contributed by atoms with Crippen LogP contribution in [0.1, 0.15) is 18.1 Å². The van der Waals surface area contributed by atoms with Crippen molar-refractivity contribution in [2.24, 2.45) is 4.99 Å². The normalized spacial score (nSPS) is 11.2. The van der Waals surface area contributed by atoms with Gasteiger partial charge in [-0.25, -0.2) is 4.99 Å². The van der Waals surface area contributed by atoms with Crippen molar-refractivity contribution in [2.45, 2.75) is 20.4 Å². The Kier molecular flexibility index (Phi) is 11.6. The molecule has 1 rings (SSSR count). The van der Waals surface area contributed by atoms with Gasteiger partial charge in [0.15, 0.2) is 5.96 Å². The SMILES string of the molecule is C=CCSCCNC(=NCc1ccc(C)cc1OCCOC)NCC. The maximum atomic E-state index is 5.83. The molecule has 0 heterocycles. The van der Waals surface area contributed by atoms with Gasteiger partial charge < -0.3 is 20.1 Å². The van der Waals surface area contributed by atoms with Gasteiger partial charge >= 0.3 is 0 Å². The molecule has 5 nitrogen and oxygen atoms in total. The number of hydrogen-bond acceptors (Lipinski definition) is 4. The third-order valence-corrected chi connectivity index (χ3v) is 4.26. The number of aliphatic imine (C=N–C) groups is 1. The van der Waals surface area contributed by atoms with Gasteiger partial charge in [0.05, 0.1) is 13.2 Å². The van der Waals surface area contributed by atoms with Gasteiger partial charge in [-0.1, -0.05) is 18.2 Å². The Balaban J connectivity index is 2.65. The molecule has 0 radical (unpaired) electrons. The molecular weight excluding hydrogens is 334 g/mol. The lowest BCUT2D eigenvalue weighted by atomic mass is 10.1. The molecule has 25 heavy (non-hydrogen) atoms. The lowest BCUT2D eigenvalue weighted by molar-refractivity contribution is 0.146. The Bertz CT molecular complexity index is 535. The van der Waals surface area contributed by atoms with Gasteiger partial charge in [-0.3, -0.25) is 0 Å². The number of benzene rings is 1. The van der Waals surface area contributed by atoms with E-state index in [1.807, 2.05) is 23.9 Å². The first-order valence-electron chi connectivity index (χ1n) is 8.63. The summed E-state index contributed by atoms with van der Waals surface area (Å²) in [4.78, 5) is 4.67. The summed E-state index contributed by atoms with van der Waals surface area (Å²) in [5.41, 5.74) is 2.24. The molecule has 0 aliphatic carbocycles. The van der Waals surface area contributed by atoms with Crippen molar-refractivity contribution in [1.29, 1.82) is 0 Å². The maximum Gasteiger partial charge on any atom is 0.191 e. The molecule has 1 aromatic carbocycles. The van der Waals surface area contributed by atoms with Crippen LogP contribution < -0.4 is 15.4 Å². The van der Waals surface area contributed by atoms with Crippen LogP contribution >= 0.6 is 11.8 Å². The molecule has 6 heteroatoms. The van der Waals surface area contributed by atoms with Crippen LogP contribution in [0.2, 0.25) is 0 Å². The van der Waals surface area contributed by atoms with Crippen LogP contribution in [0.3, 0.4) is 0 Å². The van der Waals surface area contributed by atoms with E-state index < -0.39 is 0 Å². The zero-order valence-electron chi connectivity index (χ0n) is 15.6. The molecule has 0 saturated heterocycles. The fourth-order valence-electron chi connectivity index (χ4n) is 2.08. The minimum absolute atomic E-state index is 0.537. The van der Waals surface area contributed by atoms with Crippen LogP contribution in [0.15, 0.2) is 35.8 Å². The lowest BCUT2D eigenvalue weighted by Gasteiger charge is -2.13. The molecular formula is C19H31N3O2S. The molecule has 0 amide bonds. The highest BCUT2D eigenvalue weighted by molar-refractivity contribution is 7.99. The Labute approximate surface area is 156 Å². The van der Waals surface area contributed by atoms with Crippen molar-refractivity contribution in [3.8, 4) is 5.75 Å².